The summed E-state index contributed by atoms with van der Waals surface area (Å²) in [6, 6.07) is 19.6. The van der Waals surface area contributed by atoms with Crippen molar-refractivity contribution in [3.8, 4) is 22.5 Å². The molecule has 1 amide bonds. The lowest BCUT2D eigenvalue weighted by molar-refractivity contribution is -0.192. The van der Waals surface area contributed by atoms with Gasteiger partial charge in [-0.25, -0.2) is 9.78 Å². The van der Waals surface area contributed by atoms with E-state index in [1.807, 2.05) is 36.4 Å². The highest BCUT2D eigenvalue weighted by atomic mass is 19.4. The average Bonchev–Trinajstić information content (AvgIpc) is 3.37. The number of H-pyrrole nitrogens is 1. The number of primary amides is 1. The van der Waals surface area contributed by atoms with Gasteiger partial charge in [0.05, 0.1) is 16.6 Å². The number of piperidine rings is 1. The summed E-state index contributed by atoms with van der Waals surface area (Å²) in [7, 11) is 0. The van der Waals surface area contributed by atoms with E-state index in [0.29, 0.717) is 16.9 Å². The number of carbonyl (C=O) groups excluding carboxylic acids is 1. The molecule has 1 fully saturated rings. The molecule has 1 aromatic heterocycles. The molecule has 1 aliphatic heterocycles. The predicted octanol–water partition coefficient (Wildman–Crippen LogP) is 6.25. The van der Waals surface area contributed by atoms with Crippen molar-refractivity contribution in [2.45, 2.75) is 31.7 Å². The molecule has 0 aliphatic carbocycles. The first-order valence-corrected chi connectivity index (χ1v) is 12.8. The van der Waals surface area contributed by atoms with Crippen LogP contribution in [0.25, 0.3) is 33.5 Å². The molecule has 0 atom stereocenters. The summed E-state index contributed by atoms with van der Waals surface area (Å²) in [4.78, 5) is 30.2. The zero-order chi connectivity index (χ0) is 30.7. The Morgan fingerprint density at radius 1 is 0.905 bits per heavy atom. The summed E-state index contributed by atoms with van der Waals surface area (Å²) in [6.07, 6.45) is -7.90. The average molecular weight is 593 g/mol. The molecular formula is C29H26F6N4O3. The number of benzene rings is 3. The Balaban J connectivity index is 0.000000517. The predicted molar refractivity (Wildman–Crippen MR) is 143 cm³/mol. The number of hydrogen-bond donors (Lipinski definition) is 3. The number of alkyl halides is 6. The van der Waals surface area contributed by atoms with Crippen LogP contribution in [0.2, 0.25) is 0 Å². The Labute approximate surface area is 236 Å². The van der Waals surface area contributed by atoms with E-state index in [1.54, 1.807) is 0 Å². The van der Waals surface area contributed by atoms with Gasteiger partial charge in [0, 0.05) is 18.0 Å². The van der Waals surface area contributed by atoms with Gasteiger partial charge in [0.15, 0.2) is 0 Å². The molecule has 13 heteroatoms. The number of hydrogen-bond acceptors (Lipinski definition) is 4. The molecule has 0 unspecified atom stereocenters. The second kappa shape index (κ2) is 12.2. The largest absolute Gasteiger partial charge is 0.490 e. The fraction of sp³-hybridized carbons (Fsp3) is 0.276. The Morgan fingerprint density at radius 3 is 2.10 bits per heavy atom. The number of imidazole rings is 1. The zero-order valence-corrected chi connectivity index (χ0v) is 22.0. The number of carboxylic acid groups (broad SMARTS) is 1. The first-order chi connectivity index (χ1) is 19.7. The van der Waals surface area contributed by atoms with E-state index in [1.165, 1.54) is 11.6 Å². The number of nitrogens with one attached hydrogen (secondary N) is 1. The van der Waals surface area contributed by atoms with Gasteiger partial charge in [-0.15, -0.1) is 0 Å². The first kappa shape index (κ1) is 30.6. The fourth-order valence-corrected chi connectivity index (χ4v) is 4.65. The Kier molecular flexibility index (Phi) is 8.90. The highest BCUT2D eigenvalue weighted by Crippen LogP contribution is 2.32. The van der Waals surface area contributed by atoms with Crippen LogP contribution in [0.3, 0.4) is 0 Å². The van der Waals surface area contributed by atoms with Crippen LogP contribution < -0.4 is 5.73 Å². The van der Waals surface area contributed by atoms with E-state index in [2.05, 4.69) is 27.0 Å². The van der Waals surface area contributed by atoms with E-state index in [-0.39, 0.29) is 11.8 Å². The summed E-state index contributed by atoms with van der Waals surface area (Å²) in [5.74, 6) is -2.47. The van der Waals surface area contributed by atoms with Gasteiger partial charge in [-0.3, -0.25) is 9.69 Å². The minimum absolute atomic E-state index is 0.0291. The molecule has 5 rings (SSSR count). The van der Waals surface area contributed by atoms with Crippen LogP contribution in [0, 0.1) is 5.92 Å². The number of nitrogens with two attached hydrogens (primary N) is 1. The number of carboxylic acids is 1. The van der Waals surface area contributed by atoms with Crippen molar-refractivity contribution in [3.63, 3.8) is 0 Å². The van der Waals surface area contributed by atoms with Gasteiger partial charge in [-0.1, -0.05) is 36.4 Å². The van der Waals surface area contributed by atoms with Crippen LogP contribution in [-0.2, 0) is 22.3 Å². The number of aromatic amines is 1. The van der Waals surface area contributed by atoms with E-state index in [9.17, 15) is 31.1 Å². The number of halogens is 6. The highest BCUT2D eigenvalue weighted by Gasteiger charge is 2.38. The molecule has 2 heterocycles. The van der Waals surface area contributed by atoms with Gasteiger partial charge in [0.2, 0.25) is 5.91 Å². The van der Waals surface area contributed by atoms with E-state index >= 15 is 0 Å². The summed E-state index contributed by atoms with van der Waals surface area (Å²) in [5, 5.41) is 7.12. The summed E-state index contributed by atoms with van der Waals surface area (Å²) in [5.41, 5.74) is 9.59. The maximum absolute atomic E-state index is 13.1. The number of fused-ring (bicyclic) bond motifs is 1. The molecule has 0 radical (unpaired) electrons. The third kappa shape index (κ3) is 7.66. The van der Waals surface area contributed by atoms with Gasteiger partial charge in [0.1, 0.15) is 5.82 Å². The van der Waals surface area contributed by atoms with E-state index in [4.69, 9.17) is 15.6 Å². The summed E-state index contributed by atoms with van der Waals surface area (Å²) < 4.78 is 70.9. The number of likely N-dealkylation sites (tertiary alicyclic amines) is 1. The molecule has 222 valence electrons. The zero-order valence-electron chi connectivity index (χ0n) is 22.0. The number of rotatable bonds is 5. The Hall–Kier alpha value is -4.39. The van der Waals surface area contributed by atoms with Crippen molar-refractivity contribution < 1.29 is 41.0 Å². The first-order valence-electron chi connectivity index (χ1n) is 12.8. The number of carbonyl (C=O) groups is 2. The van der Waals surface area contributed by atoms with Crippen LogP contribution in [-0.4, -0.2) is 51.1 Å². The normalized spacial score (nSPS) is 14.8. The van der Waals surface area contributed by atoms with Crippen LogP contribution in [0.4, 0.5) is 26.3 Å². The molecule has 0 saturated carbocycles. The second-order valence-corrected chi connectivity index (χ2v) is 9.85. The van der Waals surface area contributed by atoms with Gasteiger partial charge >= 0.3 is 18.3 Å². The molecule has 1 saturated heterocycles. The molecule has 4 N–H and O–H groups in total. The van der Waals surface area contributed by atoms with Crippen molar-refractivity contribution in [2.75, 3.05) is 13.1 Å². The quantitative estimate of drug-likeness (QED) is 0.237. The molecule has 7 nitrogen and oxygen atoms in total. The fourth-order valence-electron chi connectivity index (χ4n) is 4.65. The smallest absolute Gasteiger partial charge is 0.475 e. The monoisotopic (exact) mass is 592 g/mol. The van der Waals surface area contributed by atoms with Crippen LogP contribution in [0.1, 0.15) is 24.0 Å². The second-order valence-electron chi connectivity index (χ2n) is 9.85. The van der Waals surface area contributed by atoms with Gasteiger partial charge in [-0.05, 0) is 73.0 Å². The number of aromatic nitrogens is 2. The third-order valence-electron chi connectivity index (χ3n) is 6.84. The van der Waals surface area contributed by atoms with Crippen molar-refractivity contribution >= 4 is 22.9 Å². The highest BCUT2D eigenvalue weighted by molar-refractivity contribution is 5.81. The lowest BCUT2D eigenvalue weighted by Gasteiger charge is -2.30. The Bertz CT molecular complexity index is 1570. The van der Waals surface area contributed by atoms with Crippen molar-refractivity contribution in [1.29, 1.82) is 0 Å². The Morgan fingerprint density at radius 2 is 1.50 bits per heavy atom. The lowest BCUT2D eigenvalue weighted by atomic mass is 9.95. The summed E-state index contributed by atoms with van der Waals surface area (Å²) >= 11 is 0. The van der Waals surface area contributed by atoms with E-state index in [0.717, 1.165) is 61.3 Å². The molecule has 1 aliphatic rings. The standard InChI is InChI=1S/C27H25F3N4O.C2HF3O2/c28-27(29,30)22-7-8-23-24(15-22)33-26(32-23)21-6-2-5-20(14-21)19-4-1-3-17(13-19)16-34-11-9-18(10-12-34)25(31)35;3-2(4,5)1(6)7/h1-8,13-15,18H,9-12,16H2,(H2,31,35)(H,32,33);(H,6,7). The van der Waals surface area contributed by atoms with Crippen molar-refractivity contribution in [3.05, 3.63) is 77.9 Å². The third-order valence-corrected chi connectivity index (χ3v) is 6.84. The van der Waals surface area contributed by atoms with Crippen molar-refractivity contribution in [2.24, 2.45) is 11.7 Å². The van der Waals surface area contributed by atoms with Crippen LogP contribution >= 0.6 is 0 Å². The molecule has 42 heavy (non-hydrogen) atoms. The van der Waals surface area contributed by atoms with Crippen molar-refractivity contribution in [1.82, 2.24) is 14.9 Å². The number of nitrogens with zero attached hydrogens (tertiary/aromatic N) is 2. The van der Waals surface area contributed by atoms with Gasteiger partial charge in [-0.2, -0.15) is 26.3 Å². The van der Waals surface area contributed by atoms with Crippen LogP contribution in [0.5, 0.6) is 0 Å². The maximum Gasteiger partial charge on any atom is 0.490 e. The molecule has 0 spiro atoms. The van der Waals surface area contributed by atoms with Crippen LogP contribution in [0.15, 0.2) is 66.7 Å². The number of amides is 1. The number of aliphatic carboxylic acids is 1. The van der Waals surface area contributed by atoms with Gasteiger partial charge < -0.3 is 15.8 Å². The molecular weight excluding hydrogens is 566 g/mol. The maximum atomic E-state index is 13.1. The lowest BCUT2D eigenvalue weighted by Crippen LogP contribution is -2.38. The minimum Gasteiger partial charge on any atom is -0.475 e. The molecule has 0 bridgehead atoms. The summed E-state index contributed by atoms with van der Waals surface area (Å²) in [6.45, 7) is 2.48. The topological polar surface area (TPSA) is 112 Å². The van der Waals surface area contributed by atoms with E-state index < -0.39 is 23.9 Å². The molecule has 3 aromatic carbocycles. The SMILES string of the molecule is NC(=O)C1CCN(Cc2cccc(-c3cccc(-c4nc5ccc(C(F)(F)F)cc5[nH]4)c3)c2)CC1.O=C(O)C(F)(F)F. The molecule has 4 aromatic rings. The van der Waals surface area contributed by atoms with Gasteiger partial charge in [0.25, 0.3) is 0 Å². The minimum atomic E-state index is -5.08.